The molecule has 0 saturated carbocycles. The maximum atomic E-state index is 10.2. The van der Waals surface area contributed by atoms with Crippen LogP contribution in [-0.2, 0) is 12.8 Å². The van der Waals surface area contributed by atoms with E-state index in [1.54, 1.807) is 11.3 Å². The highest BCUT2D eigenvalue weighted by molar-refractivity contribution is 9.10. The molecular weight excluding hydrogens is 320 g/mol. The van der Waals surface area contributed by atoms with Crippen molar-refractivity contribution in [1.82, 2.24) is 9.59 Å². The lowest BCUT2D eigenvalue weighted by atomic mass is 10.1. The van der Waals surface area contributed by atoms with Gasteiger partial charge in [-0.3, -0.25) is 0 Å². The molecule has 2 aromatic rings. The number of halogens is 1. The third-order valence-corrected chi connectivity index (χ3v) is 4.98. The quantitative estimate of drug-likeness (QED) is 0.909. The molecule has 6 heteroatoms. The molecule has 17 heavy (non-hydrogen) atoms. The van der Waals surface area contributed by atoms with Gasteiger partial charge in [0.15, 0.2) is 0 Å². The van der Waals surface area contributed by atoms with Crippen molar-refractivity contribution in [3.63, 3.8) is 0 Å². The highest BCUT2D eigenvalue weighted by Gasteiger charge is 2.17. The Balaban J connectivity index is 2.08. The van der Waals surface area contributed by atoms with Crippen molar-refractivity contribution >= 4 is 38.8 Å². The number of aliphatic hydroxyl groups excluding tert-OH is 1. The molecular formula is C11H13BrN2OS2. The predicted molar refractivity (Wildman–Crippen MR) is 74.6 cm³/mol. The number of aliphatic hydroxyl groups is 1. The number of hydrogen-bond donors (Lipinski definition) is 1. The molecule has 92 valence electrons. The number of aryl methyl sites for hydroxylation is 1. The summed E-state index contributed by atoms with van der Waals surface area (Å²) in [4.78, 5) is 2.08. The Bertz CT molecular complexity index is 483. The Morgan fingerprint density at radius 2 is 2.35 bits per heavy atom. The van der Waals surface area contributed by atoms with Crippen LogP contribution in [-0.4, -0.2) is 14.7 Å². The minimum atomic E-state index is -0.484. The summed E-state index contributed by atoms with van der Waals surface area (Å²) in [6, 6.07) is 2.04. The summed E-state index contributed by atoms with van der Waals surface area (Å²) >= 11 is 6.37. The molecule has 3 nitrogen and oxygen atoms in total. The van der Waals surface area contributed by atoms with E-state index in [0.717, 1.165) is 27.9 Å². The molecule has 0 spiro atoms. The molecule has 0 saturated heterocycles. The average Bonchev–Trinajstić information content (AvgIpc) is 2.88. The summed E-state index contributed by atoms with van der Waals surface area (Å²) in [6.07, 6.45) is 2.06. The van der Waals surface area contributed by atoms with Gasteiger partial charge in [0.2, 0.25) is 0 Å². The molecule has 0 amide bonds. The van der Waals surface area contributed by atoms with Crippen molar-refractivity contribution < 1.29 is 5.11 Å². The third kappa shape index (κ3) is 3.34. The summed E-state index contributed by atoms with van der Waals surface area (Å²) in [5.74, 6) is 0. The lowest BCUT2D eigenvalue weighted by Gasteiger charge is -2.07. The summed E-state index contributed by atoms with van der Waals surface area (Å²) in [5, 5.41) is 16.3. The van der Waals surface area contributed by atoms with Gasteiger partial charge in [-0.05, 0) is 39.9 Å². The standard InChI is InChI=1S/C11H13BrN2OS2/c1-2-3-9-11(17-14-13-9)10(15)5-8-4-7(12)6-16-8/h4,6,10,15H,2-3,5H2,1H3. The Labute approximate surface area is 117 Å². The summed E-state index contributed by atoms with van der Waals surface area (Å²) in [7, 11) is 0. The number of rotatable bonds is 5. The van der Waals surface area contributed by atoms with Gasteiger partial charge in [0.1, 0.15) is 0 Å². The number of hydrogen-bond acceptors (Lipinski definition) is 5. The van der Waals surface area contributed by atoms with Crippen molar-refractivity contribution in [2.24, 2.45) is 0 Å². The van der Waals surface area contributed by atoms with E-state index in [0.29, 0.717) is 6.42 Å². The predicted octanol–water partition coefficient (Wildman–Crippen LogP) is 3.59. The van der Waals surface area contributed by atoms with Crippen LogP contribution < -0.4 is 0 Å². The zero-order valence-electron chi connectivity index (χ0n) is 9.39. The zero-order chi connectivity index (χ0) is 12.3. The van der Waals surface area contributed by atoms with Gasteiger partial charge in [-0.15, -0.1) is 16.4 Å². The molecule has 1 atom stereocenters. The van der Waals surface area contributed by atoms with E-state index >= 15 is 0 Å². The van der Waals surface area contributed by atoms with Gasteiger partial charge in [-0.25, -0.2) is 0 Å². The Morgan fingerprint density at radius 3 is 3.00 bits per heavy atom. The Kier molecular flexibility index (Phi) is 4.67. The number of thiophene rings is 1. The van der Waals surface area contributed by atoms with Crippen molar-refractivity contribution in [1.29, 1.82) is 0 Å². The van der Waals surface area contributed by atoms with Gasteiger partial charge in [-0.2, -0.15) is 0 Å². The van der Waals surface area contributed by atoms with Crippen LogP contribution in [0.1, 0.15) is 34.9 Å². The first-order valence-electron chi connectivity index (χ1n) is 5.42. The second kappa shape index (κ2) is 6.04. The monoisotopic (exact) mass is 332 g/mol. The molecule has 0 radical (unpaired) electrons. The largest absolute Gasteiger partial charge is 0.387 e. The maximum Gasteiger partial charge on any atom is 0.0965 e. The van der Waals surface area contributed by atoms with Crippen LogP contribution in [0.3, 0.4) is 0 Å². The molecule has 2 rings (SSSR count). The molecule has 0 bridgehead atoms. The molecule has 1 unspecified atom stereocenters. The van der Waals surface area contributed by atoms with Gasteiger partial charge in [0, 0.05) is 21.2 Å². The van der Waals surface area contributed by atoms with Crippen molar-refractivity contribution in [3.8, 4) is 0 Å². The smallest absolute Gasteiger partial charge is 0.0965 e. The zero-order valence-corrected chi connectivity index (χ0v) is 12.6. The lowest BCUT2D eigenvalue weighted by molar-refractivity contribution is 0.182. The van der Waals surface area contributed by atoms with Crippen LogP contribution in [0, 0.1) is 0 Å². The van der Waals surface area contributed by atoms with Crippen molar-refractivity contribution in [2.75, 3.05) is 0 Å². The SMILES string of the molecule is CCCc1nnsc1C(O)Cc1cc(Br)cs1. The Morgan fingerprint density at radius 1 is 1.53 bits per heavy atom. The van der Waals surface area contributed by atoms with Crippen LogP contribution in [0.15, 0.2) is 15.9 Å². The average molecular weight is 333 g/mol. The fourth-order valence-corrected chi connectivity index (χ4v) is 3.79. The van der Waals surface area contributed by atoms with Crippen LogP contribution in [0.2, 0.25) is 0 Å². The van der Waals surface area contributed by atoms with Crippen LogP contribution in [0.5, 0.6) is 0 Å². The maximum absolute atomic E-state index is 10.2. The summed E-state index contributed by atoms with van der Waals surface area (Å²) < 4.78 is 5.00. The van der Waals surface area contributed by atoms with Gasteiger partial charge in [0.25, 0.3) is 0 Å². The van der Waals surface area contributed by atoms with Crippen molar-refractivity contribution in [2.45, 2.75) is 32.3 Å². The van der Waals surface area contributed by atoms with Gasteiger partial charge < -0.3 is 5.11 Å². The first-order valence-corrected chi connectivity index (χ1v) is 7.87. The molecule has 2 heterocycles. The first kappa shape index (κ1) is 13.1. The van der Waals surface area contributed by atoms with E-state index < -0.39 is 6.10 Å². The van der Waals surface area contributed by atoms with E-state index in [-0.39, 0.29) is 0 Å². The Hall–Kier alpha value is -0.300. The van der Waals surface area contributed by atoms with Gasteiger partial charge >= 0.3 is 0 Å². The first-order chi connectivity index (χ1) is 8.20. The van der Waals surface area contributed by atoms with E-state index in [9.17, 15) is 5.11 Å². The highest BCUT2D eigenvalue weighted by atomic mass is 79.9. The second-order valence-corrected chi connectivity index (χ2v) is 6.48. The molecule has 0 fully saturated rings. The molecule has 0 aliphatic heterocycles. The van der Waals surface area contributed by atoms with Crippen LogP contribution >= 0.6 is 38.8 Å². The molecule has 1 N–H and O–H groups in total. The third-order valence-electron chi connectivity index (χ3n) is 2.39. The van der Waals surface area contributed by atoms with E-state index in [4.69, 9.17) is 0 Å². The lowest BCUT2D eigenvalue weighted by Crippen LogP contribution is -2.02. The van der Waals surface area contributed by atoms with Gasteiger partial charge in [0.05, 0.1) is 16.7 Å². The molecule has 0 aliphatic rings. The van der Waals surface area contributed by atoms with Crippen molar-refractivity contribution in [3.05, 3.63) is 31.4 Å². The number of nitrogens with zero attached hydrogens (tertiary/aromatic N) is 2. The topological polar surface area (TPSA) is 46.0 Å². The van der Waals surface area contributed by atoms with Crippen LogP contribution in [0.25, 0.3) is 0 Å². The summed E-state index contributed by atoms with van der Waals surface area (Å²) in [5.41, 5.74) is 0.945. The second-order valence-electron chi connectivity index (χ2n) is 3.79. The van der Waals surface area contributed by atoms with Gasteiger partial charge in [-0.1, -0.05) is 17.8 Å². The van der Waals surface area contributed by atoms with Crippen LogP contribution in [0.4, 0.5) is 0 Å². The minimum Gasteiger partial charge on any atom is -0.387 e. The summed E-state index contributed by atoms with van der Waals surface area (Å²) in [6.45, 7) is 2.10. The fraction of sp³-hybridized carbons (Fsp3) is 0.455. The minimum absolute atomic E-state index is 0.484. The highest BCUT2D eigenvalue weighted by Crippen LogP contribution is 2.28. The van der Waals surface area contributed by atoms with E-state index in [1.807, 2.05) is 11.4 Å². The normalized spacial score (nSPS) is 12.9. The fourth-order valence-electron chi connectivity index (χ4n) is 1.62. The van der Waals surface area contributed by atoms with E-state index in [1.165, 1.54) is 16.4 Å². The molecule has 2 aromatic heterocycles. The number of aromatic nitrogens is 2. The molecule has 0 aromatic carbocycles. The molecule has 0 aliphatic carbocycles. The van der Waals surface area contributed by atoms with E-state index in [2.05, 4.69) is 32.4 Å².